The number of thiophene rings is 1. The number of nitrogens with one attached hydrogen (secondary N) is 1. The molecule has 1 aromatic carbocycles. The number of aromatic nitrogens is 2. The lowest BCUT2D eigenvalue weighted by Gasteiger charge is -2.04. The van der Waals surface area contributed by atoms with Crippen molar-refractivity contribution < 1.29 is 4.79 Å². The van der Waals surface area contributed by atoms with Crippen LogP contribution >= 0.6 is 46.3 Å². The van der Waals surface area contributed by atoms with Gasteiger partial charge in [0.1, 0.15) is 4.83 Å². The van der Waals surface area contributed by atoms with Gasteiger partial charge in [-0.3, -0.25) is 9.59 Å². The number of primary amides is 1. The molecule has 1 amide bonds. The molecule has 5 nitrogen and oxygen atoms in total. The third-order valence-corrected chi connectivity index (χ3v) is 6.43. The summed E-state index contributed by atoms with van der Waals surface area (Å²) >= 11 is 15.0. The fourth-order valence-corrected chi connectivity index (χ4v) is 4.79. The van der Waals surface area contributed by atoms with Crippen molar-refractivity contribution in [1.29, 1.82) is 0 Å². The number of aromatic amines is 1. The van der Waals surface area contributed by atoms with Crippen molar-refractivity contribution in [3.05, 3.63) is 43.5 Å². The second-order valence-corrected chi connectivity index (χ2v) is 8.73. The van der Waals surface area contributed by atoms with Crippen LogP contribution in [0.3, 0.4) is 0 Å². The zero-order valence-electron chi connectivity index (χ0n) is 13.8. The fraction of sp³-hybridized carbons (Fsp3) is 0.235. The monoisotopic (exact) mass is 427 g/mol. The zero-order chi connectivity index (χ0) is 18.8. The van der Waals surface area contributed by atoms with E-state index in [2.05, 4.69) is 9.97 Å². The predicted molar refractivity (Wildman–Crippen MR) is 110 cm³/mol. The fourth-order valence-electron chi connectivity index (χ4n) is 2.58. The lowest BCUT2D eigenvalue weighted by molar-refractivity contribution is -0.118. The number of fused-ring (bicyclic) bond motifs is 1. The molecule has 3 aromatic rings. The van der Waals surface area contributed by atoms with E-state index in [4.69, 9.17) is 28.9 Å². The summed E-state index contributed by atoms with van der Waals surface area (Å²) in [5, 5.41) is 1.99. The van der Waals surface area contributed by atoms with Crippen LogP contribution in [0.25, 0.3) is 21.3 Å². The highest BCUT2D eigenvalue weighted by atomic mass is 35.5. The zero-order valence-corrected chi connectivity index (χ0v) is 16.9. The van der Waals surface area contributed by atoms with Crippen LogP contribution in [0.5, 0.6) is 0 Å². The summed E-state index contributed by atoms with van der Waals surface area (Å²) in [6.07, 6.45) is 0.957. The number of nitrogens with two attached hydrogens (primary N) is 1. The number of thioether (sulfide) groups is 1. The lowest BCUT2D eigenvalue weighted by atomic mass is 10.0. The Labute approximate surface area is 167 Å². The summed E-state index contributed by atoms with van der Waals surface area (Å²) in [4.78, 5) is 32.5. The van der Waals surface area contributed by atoms with E-state index in [1.54, 1.807) is 12.1 Å². The highest BCUT2D eigenvalue weighted by molar-refractivity contribution is 7.99. The van der Waals surface area contributed by atoms with Crippen LogP contribution in [0.2, 0.25) is 10.0 Å². The maximum absolute atomic E-state index is 12.7. The highest BCUT2D eigenvalue weighted by Gasteiger charge is 2.17. The van der Waals surface area contributed by atoms with Gasteiger partial charge in [0.15, 0.2) is 5.16 Å². The van der Waals surface area contributed by atoms with Gasteiger partial charge in [0.2, 0.25) is 5.91 Å². The number of nitrogens with zero attached hydrogens (tertiary/aromatic N) is 1. The van der Waals surface area contributed by atoms with E-state index in [1.165, 1.54) is 23.1 Å². The van der Waals surface area contributed by atoms with E-state index < -0.39 is 0 Å². The molecule has 2 aromatic heterocycles. The molecule has 0 unspecified atom stereocenters. The normalized spacial score (nSPS) is 11.2. The number of benzene rings is 1. The summed E-state index contributed by atoms with van der Waals surface area (Å²) in [6, 6.07) is 5.31. The second kappa shape index (κ2) is 8.00. The molecule has 0 fully saturated rings. The van der Waals surface area contributed by atoms with Crippen LogP contribution in [0.1, 0.15) is 17.7 Å². The smallest absolute Gasteiger partial charge is 0.260 e. The Kier molecular flexibility index (Phi) is 5.92. The van der Waals surface area contributed by atoms with Crippen LogP contribution in [0.15, 0.2) is 28.2 Å². The topological polar surface area (TPSA) is 88.8 Å². The minimum Gasteiger partial charge on any atom is -0.370 e. The summed E-state index contributed by atoms with van der Waals surface area (Å²) in [7, 11) is 0. The molecule has 3 rings (SSSR count). The molecular weight excluding hydrogens is 413 g/mol. The van der Waals surface area contributed by atoms with Crippen molar-refractivity contribution in [1.82, 2.24) is 9.97 Å². The van der Waals surface area contributed by atoms with E-state index >= 15 is 0 Å². The Bertz CT molecular complexity index is 1050. The Morgan fingerprint density at radius 3 is 2.81 bits per heavy atom. The average molecular weight is 428 g/mol. The van der Waals surface area contributed by atoms with Gasteiger partial charge in [-0.05, 0) is 31.0 Å². The van der Waals surface area contributed by atoms with Crippen molar-refractivity contribution in [2.24, 2.45) is 5.73 Å². The Balaban J connectivity index is 1.97. The summed E-state index contributed by atoms with van der Waals surface area (Å²) in [5.41, 5.74) is 6.58. The largest absolute Gasteiger partial charge is 0.370 e. The minimum absolute atomic E-state index is 0.196. The molecule has 0 spiro atoms. The summed E-state index contributed by atoms with van der Waals surface area (Å²) in [6.45, 7) is 1.95. The van der Waals surface area contributed by atoms with Crippen molar-refractivity contribution in [2.75, 3.05) is 5.75 Å². The third-order valence-electron chi connectivity index (χ3n) is 3.73. The number of amides is 1. The first-order valence-corrected chi connectivity index (χ1v) is 10.3. The van der Waals surface area contributed by atoms with E-state index in [0.717, 1.165) is 16.0 Å². The summed E-state index contributed by atoms with van der Waals surface area (Å²) < 4.78 is 0. The first-order chi connectivity index (χ1) is 12.4. The number of aryl methyl sites for hydroxylation is 1. The molecule has 0 bridgehead atoms. The van der Waals surface area contributed by atoms with E-state index in [-0.39, 0.29) is 11.5 Å². The summed E-state index contributed by atoms with van der Waals surface area (Å²) in [5.74, 6) is 0.323. The maximum Gasteiger partial charge on any atom is 0.260 e. The first-order valence-electron chi connectivity index (χ1n) is 7.76. The van der Waals surface area contributed by atoms with Gasteiger partial charge in [-0.2, -0.15) is 0 Å². The number of rotatable bonds is 6. The van der Waals surface area contributed by atoms with Gasteiger partial charge in [0, 0.05) is 22.6 Å². The number of halogens is 2. The molecule has 9 heteroatoms. The Hall–Kier alpha value is -1.54. The van der Waals surface area contributed by atoms with Gasteiger partial charge >= 0.3 is 0 Å². The van der Waals surface area contributed by atoms with Gasteiger partial charge in [0.25, 0.3) is 5.56 Å². The van der Waals surface area contributed by atoms with E-state index in [9.17, 15) is 9.59 Å². The maximum atomic E-state index is 12.7. The lowest BCUT2D eigenvalue weighted by Crippen LogP contribution is -2.11. The molecule has 0 saturated heterocycles. The first kappa shape index (κ1) is 19.2. The van der Waals surface area contributed by atoms with E-state index in [1.807, 2.05) is 13.0 Å². The van der Waals surface area contributed by atoms with Crippen LogP contribution in [-0.4, -0.2) is 21.6 Å². The molecule has 0 saturated carbocycles. The molecule has 0 aliphatic carbocycles. The van der Waals surface area contributed by atoms with Crippen LogP contribution in [0.4, 0.5) is 0 Å². The number of hydrogen-bond acceptors (Lipinski definition) is 5. The highest BCUT2D eigenvalue weighted by Crippen LogP contribution is 2.38. The minimum atomic E-state index is -0.331. The van der Waals surface area contributed by atoms with Gasteiger partial charge in [-0.1, -0.05) is 41.0 Å². The Morgan fingerprint density at radius 1 is 1.35 bits per heavy atom. The van der Waals surface area contributed by atoms with Crippen molar-refractivity contribution >= 4 is 62.4 Å². The molecule has 2 heterocycles. The van der Waals surface area contributed by atoms with Crippen molar-refractivity contribution in [3.63, 3.8) is 0 Å². The van der Waals surface area contributed by atoms with Crippen molar-refractivity contribution in [2.45, 2.75) is 24.9 Å². The number of carbonyl (C=O) groups excluding carboxylic acids is 1. The number of H-pyrrole nitrogens is 1. The molecule has 0 aliphatic rings. The molecule has 0 atom stereocenters. The molecule has 26 heavy (non-hydrogen) atoms. The van der Waals surface area contributed by atoms with Crippen LogP contribution in [-0.2, 0) is 4.79 Å². The van der Waals surface area contributed by atoms with Gasteiger partial charge in [-0.15, -0.1) is 11.3 Å². The number of carbonyl (C=O) groups is 1. The second-order valence-electron chi connectivity index (χ2n) is 5.63. The average Bonchev–Trinajstić information content (AvgIpc) is 2.90. The molecule has 136 valence electrons. The molecule has 0 aliphatic heterocycles. The van der Waals surface area contributed by atoms with Gasteiger partial charge in [0.05, 0.1) is 15.4 Å². The Morgan fingerprint density at radius 2 is 2.12 bits per heavy atom. The predicted octanol–water partition coefficient (Wildman–Crippen LogP) is 4.62. The van der Waals surface area contributed by atoms with E-state index in [0.29, 0.717) is 44.0 Å². The molecular formula is C17H15Cl2N3O2S2. The van der Waals surface area contributed by atoms with Crippen LogP contribution < -0.4 is 11.3 Å². The SMILES string of the molecule is Cc1sc2nc(SCCCC(N)=O)[nH]c(=O)c2c1-c1ccc(Cl)c(Cl)c1. The van der Waals surface area contributed by atoms with Gasteiger partial charge < -0.3 is 10.7 Å². The third kappa shape index (κ3) is 4.06. The molecule has 0 radical (unpaired) electrons. The molecule has 3 N–H and O–H groups in total. The van der Waals surface area contributed by atoms with Crippen LogP contribution in [0, 0.1) is 6.92 Å². The number of hydrogen-bond donors (Lipinski definition) is 2. The standard InChI is InChI=1S/C17H15Cl2N3O2S2/c1-8-13(9-4-5-10(18)11(19)7-9)14-15(24)21-17(22-16(14)26-8)25-6-2-3-12(20)23/h4-5,7H,2-3,6H2,1H3,(H2,20,23)(H,21,22,24). The quantitative estimate of drug-likeness (QED) is 0.341. The van der Waals surface area contributed by atoms with Crippen molar-refractivity contribution in [3.8, 4) is 11.1 Å². The van der Waals surface area contributed by atoms with Gasteiger partial charge in [-0.25, -0.2) is 4.98 Å².